The van der Waals surface area contributed by atoms with Crippen molar-refractivity contribution < 1.29 is 9.59 Å². The largest absolute Gasteiger partial charge is 0.325 e. The van der Waals surface area contributed by atoms with E-state index >= 15 is 0 Å². The maximum absolute atomic E-state index is 12.5. The second-order valence-electron chi connectivity index (χ2n) is 7.85. The summed E-state index contributed by atoms with van der Waals surface area (Å²) in [7, 11) is 0. The number of amides is 2. The van der Waals surface area contributed by atoms with Crippen molar-refractivity contribution in [3.05, 3.63) is 76.9 Å². The van der Waals surface area contributed by atoms with E-state index in [4.69, 9.17) is 0 Å². The van der Waals surface area contributed by atoms with Gasteiger partial charge in [-0.05, 0) is 48.2 Å². The SMILES string of the molecule is Cc1cc(C)c(NC(=O)CSc2nnc(NC(=O)Cc3cccc4ccccc34)s2)c(C)c1. The molecule has 0 unspecified atom stereocenters. The van der Waals surface area contributed by atoms with Gasteiger partial charge in [0, 0.05) is 5.69 Å². The van der Waals surface area contributed by atoms with Crippen LogP contribution in [0.2, 0.25) is 0 Å². The molecule has 33 heavy (non-hydrogen) atoms. The highest BCUT2D eigenvalue weighted by molar-refractivity contribution is 8.01. The fourth-order valence-corrected chi connectivity index (χ4v) is 5.35. The maximum Gasteiger partial charge on any atom is 0.234 e. The smallest absolute Gasteiger partial charge is 0.234 e. The summed E-state index contributed by atoms with van der Waals surface area (Å²) < 4.78 is 0.628. The fourth-order valence-electron chi connectivity index (χ4n) is 3.78. The predicted octanol–water partition coefficient (Wildman–Crippen LogP) is 5.53. The summed E-state index contributed by atoms with van der Waals surface area (Å²) in [5.74, 6) is -0.0420. The van der Waals surface area contributed by atoms with E-state index in [1.165, 1.54) is 28.7 Å². The van der Waals surface area contributed by atoms with Crippen LogP contribution in [-0.4, -0.2) is 27.8 Å². The number of anilines is 2. The number of rotatable bonds is 7. The minimum atomic E-state index is -0.151. The summed E-state index contributed by atoms with van der Waals surface area (Å²) in [6.45, 7) is 6.01. The molecule has 1 aromatic heterocycles. The van der Waals surface area contributed by atoms with Crippen molar-refractivity contribution in [1.29, 1.82) is 0 Å². The number of nitrogens with zero attached hydrogens (tertiary/aromatic N) is 2. The van der Waals surface area contributed by atoms with Crippen LogP contribution in [-0.2, 0) is 16.0 Å². The number of aromatic nitrogens is 2. The third-order valence-electron chi connectivity index (χ3n) is 5.15. The van der Waals surface area contributed by atoms with E-state index in [0.29, 0.717) is 9.47 Å². The Hall–Kier alpha value is -3.23. The first kappa shape index (κ1) is 22.9. The molecule has 0 atom stereocenters. The Balaban J connectivity index is 1.32. The molecule has 6 nitrogen and oxygen atoms in total. The fraction of sp³-hybridized carbons (Fsp3) is 0.200. The van der Waals surface area contributed by atoms with Crippen LogP contribution >= 0.6 is 23.1 Å². The monoisotopic (exact) mass is 476 g/mol. The topological polar surface area (TPSA) is 84.0 Å². The second kappa shape index (κ2) is 10.1. The zero-order valence-electron chi connectivity index (χ0n) is 18.6. The number of carbonyl (C=O) groups is 2. The molecule has 1 heterocycles. The average molecular weight is 477 g/mol. The van der Waals surface area contributed by atoms with Crippen molar-refractivity contribution in [2.75, 3.05) is 16.4 Å². The molecule has 0 radical (unpaired) electrons. The number of thioether (sulfide) groups is 1. The molecule has 0 bridgehead atoms. The van der Waals surface area contributed by atoms with E-state index in [2.05, 4.69) is 20.8 Å². The van der Waals surface area contributed by atoms with Crippen LogP contribution in [0.3, 0.4) is 0 Å². The Kier molecular flexibility index (Phi) is 7.05. The van der Waals surface area contributed by atoms with E-state index in [1.54, 1.807) is 0 Å². The number of hydrogen-bond donors (Lipinski definition) is 2. The molecule has 2 amide bonds. The summed E-state index contributed by atoms with van der Waals surface area (Å²) in [5, 5.41) is 16.5. The molecular weight excluding hydrogens is 452 g/mol. The maximum atomic E-state index is 12.5. The average Bonchev–Trinajstić information content (AvgIpc) is 3.22. The van der Waals surface area contributed by atoms with E-state index in [-0.39, 0.29) is 24.0 Å². The third-order valence-corrected chi connectivity index (χ3v) is 7.12. The standard InChI is InChI=1S/C25H24N4O2S2/c1-15-11-16(2)23(17(3)12-15)26-22(31)14-32-25-29-28-24(33-25)27-21(30)13-19-9-6-8-18-7-4-5-10-20(18)19/h4-12H,13-14H2,1-3H3,(H,26,31)(H,27,28,30). The zero-order valence-corrected chi connectivity index (χ0v) is 20.3. The van der Waals surface area contributed by atoms with Crippen molar-refractivity contribution >= 4 is 56.5 Å². The third kappa shape index (κ3) is 5.77. The zero-order chi connectivity index (χ0) is 23.4. The minimum Gasteiger partial charge on any atom is -0.325 e. The van der Waals surface area contributed by atoms with Crippen molar-refractivity contribution in [2.24, 2.45) is 0 Å². The predicted molar refractivity (Wildman–Crippen MR) is 136 cm³/mol. The van der Waals surface area contributed by atoms with E-state index in [1.807, 2.05) is 75.4 Å². The molecule has 4 rings (SSSR count). The normalized spacial score (nSPS) is 10.9. The van der Waals surface area contributed by atoms with Crippen molar-refractivity contribution in [3.8, 4) is 0 Å². The number of fused-ring (bicyclic) bond motifs is 1. The summed E-state index contributed by atoms with van der Waals surface area (Å²) in [4.78, 5) is 25.0. The van der Waals surface area contributed by atoms with Gasteiger partial charge in [-0.1, -0.05) is 83.3 Å². The lowest BCUT2D eigenvalue weighted by Gasteiger charge is -2.12. The summed E-state index contributed by atoms with van der Waals surface area (Å²) in [5.41, 5.74) is 5.06. The van der Waals surface area contributed by atoms with Gasteiger partial charge in [-0.3, -0.25) is 9.59 Å². The van der Waals surface area contributed by atoms with Crippen LogP contribution in [0.1, 0.15) is 22.3 Å². The second-order valence-corrected chi connectivity index (χ2v) is 10.0. The van der Waals surface area contributed by atoms with Crippen LogP contribution in [0, 0.1) is 20.8 Å². The molecule has 168 valence electrons. The Morgan fingerprint density at radius 3 is 2.42 bits per heavy atom. The quantitative estimate of drug-likeness (QED) is 0.271. The lowest BCUT2D eigenvalue weighted by Crippen LogP contribution is -2.15. The molecule has 8 heteroatoms. The number of nitrogens with one attached hydrogen (secondary N) is 2. The molecule has 0 saturated carbocycles. The van der Waals surface area contributed by atoms with Crippen LogP contribution in [0.5, 0.6) is 0 Å². The number of benzene rings is 3. The van der Waals surface area contributed by atoms with E-state index in [9.17, 15) is 9.59 Å². The molecule has 0 aliphatic heterocycles. The van der Waals surface area contributed by atoms with Crippen LogP contribution < -0.4 is 10.6 Å². The van der Waals surface area contributed by atoms with Gasteiger partial charge >= 0.3 is 0 Å². The van der Waals surface area contributed by atoms with Crippen LogP contribution in [0.4, 0.5) is 10.8 Å². The van der Waals surface area contributed by atoms with Gasteiger partial charge in [0.05, 0.1) is 12.2 Å². The summed E-state index contributed by atoms with van der Waals surface area (Å²) in [6, 6.07) is 18.0. The molecule has 3 aromatic carbocycles. The van der Waals surface area contributed by atoms with Gasteiger partial charge in [-0.15, -0.1) is 10.2 Å². The first-order chi connectivity index (χ1) is 15.9. The molecule has 0 fully saturated rings. The molecule has 0 spiro atoms. The molecule has 0 aliphatic carbocycles. The molecule has 2 N–H and O–H groups in total. The molecule has 0 saturated heterocycles. The Bertz CT molecular complexity index is 1300. The summed E-state index contributed by atoms with van der Waals surface area (Å²) in [6.07, 6.45) is 0.251. The van der Waals surface area contributed by atoms with Gasteiger partial charge in [0.1, 0.15) is 0 Å². The number of aryl methyl sites for hydroxylation is 3. The van der Waals surface area contributed by atoms with Gasteiger partial charge in [0.25, 0.3) is 0 Å². The Labute approximate surface area is 200 Å². The van der Waals surface area contributed by atoms with Crippen LogP contribution in [0.15, 0.2) is 58.9 Å². The van der Waals surface area contributed by atoms with Gasteiger partial charge in [-0.2, -0.15) is 0 Å². The van der Waals surface area contributed by atoms with Crippen molar-refractivity contribution in [1.82, 2.24) is 10.2 Å². The number of hydrogen-bond acceptors (Lipinski definition) is 6. The highest BCUT2D eigenvalue weighted by Crippen LogP contribution is 2.27. The van der Waals surface area contributed by atoms with Gasteiger partial charge in [-0.25, -0.2) is 0 Å². The lowest BCUT2D eigenvalue weighted by molar-refractivity contribution is -0.115. The minimum absolute atomic E-state index is 0.105. The van der Waals surface area contributed by atoms with Gasteiger partial charge < -0.3 is 10.6 Å². The number of carbonyl (C=O) groups excluding carboxylic acids is 2. The van der Waals surface area contributed by atoms with E-state index < -0.39 is 0 Å². The summed E-state index contributed by atoms with van der Waals surface area (Å²) >= 11 is 2.56. The lowest BCUT2D eigenvalue weighted by atomic mass is 10.0. The van der Waals surface area contributed by atoms with E-state index in [0.717, 1.165) is 33.2 Å². The highest BCUT2D eigenvalue weighted by atomic mass is 32.2. The first-order valence-electron chi connectivity index (χ1n) is 10.5. The Morgan fingerprint density at radius 2 is 1.64 bits per heavy atom. The molecule has 4 aromatic rings. The van der Waals surface area contributed by atoms with Gasteiger partial charge in [0.2, 0.25) is 16.9 Å². The van der Waals surface area contributed by atoms with Gasteiger partial charge in [0.15, 0.2) is 4.34 Å². The molecule has 0 aliphatic rings. The van der Waals surface area contributed by atoms with Crippen molar-refractivity contribution in [3.63, 3.8) is 0 Å². The molecular formula is C25H24N4O2S2. The first-order valence-corrected chi connectivity index (χ1v) is 12.3. The Morgan fingerprint density at radius 1 is 0.909 bits per heavy atom. The highest BCUT2D eigenvalue weighted by Gasteiger charge is 2.13. The van der Waals surface area contributed by atoms with Crippen molar-refractivity contribution in [2.45, 2.75) is 31.5 Å². The van der Waals surface area contributed by atoms with Crippen LogP contribution in [0.25, 0.3) is 10.8 Å².